The summed E-state index contributed by atoms with van der Waals surface area (Å²) in [4.78, 5) is 23.3. The molecular formula is C19H22O7. The SMILES string of the molecule is C[C@@H](O)[C@H](O)[C@H](O)[C@@H](O)C[C@@H](C=O)c1c(C(=O)O)ccc2ccccc12. The monoisotopic (exact) mass is 362 g/mol. The van der Waals surface area contributed by atoms with Crippen LogP contribution in [-0.2, 0) is 4.79 Å². The summed E-state index contributed by atoms with van der Waals surface area (Å²) in [6.07, 6.45) is -5.87. The molecule has 0 spiro atoms. The van der Waals surface area contributed by atoms with Gasteiger partial charge >= 0.3 is 5.97 Å². The number of carbonyl (C=O) groups is 2. The lowest BCUT2D eigenvalue weighted by Gasteiger charge is -2.27. The van der Waals surface area contributed by atoms with E-state index in [4.69, 9.17) is 0 Å². The van der Waals surface area contributed by atoms with E-state index < -0.39 is 36.3 Å². The fourth-order valence-corrected chi connectivity index (χ4v) is 3.04. The van der Waals surface area contributed by atoms with E-state index in [1.165, 1.54) is 13.0 Å². The molecule has 0 aliphatic rings. The average Bonchev–Trinajstić information content (AvgIpc) is 2.63. The van der Waals surface area contributed by atoms with Gasteiger partial charge in [0, 0.05) is 5.92 Å². The molecule has 5 N–H and O–H groups in total. The standard InChI is InChI=1S/C19H22O7/c1-10(21)17(23)18(24)15(22)8-12(9-20)16-13-5-3-2-4-11(13)6-7-14(16)19(25)26/h2-7,9-10,12,15,17-18,21-24H,8H2,1H3,(H,25,26)/t10-,12+,15+,17+,18-/m1/s1. The Labute approximate surface area is 150 Å². The number of hydrogen-bond acceptors (Lipinski definition) is 6. The Morgan fingerprint density at radius 3 is 2.27 bits per heavy atom. The Kier molecular flexibility index (Phi) is 6.44. The Morgan fingerprint density at radius 2 is 1.69 bits per heavy atom. The molecule has 26 heavy (non-hydrogen) atoms. The van der Waals surface area contributed by atoms with Crippen molar-refractivity contribution in [1.29, 1.82) is 0 Å². The van der Waals surface area contributed by atoms with Gasteiger partial charge in [-0.05, 0) is 35.7 Å². The smallest absolute Gasteiger partial charge is 0.336 e. The van der Waals surface area contributed by atoms with Crippen molar-refractivity contribution in [3.05, 3.63) is 47.5 Å². The van der Waals surface area contributed by atoms with Gasteiger partial charge in [0.25, 0.3) is 0 Å². The molecule has 0 amide bonds. The van der Waals surface area contributed by atoms with E-state index in [9.17, 15) is 35.1 Å². The highest BCUT2D eigenvalue weighted by atomic mass is 16.4. The van der Waals surface area contributed by atoms with Crippen molar-refractivity contribution in [2.75, 3.05) is 0 Å². The van der Waals surface area contributed by atoms with Gasteiger partial charge in [-0.2, -0.15) is 0 Å². The molecule has 2 aromatic rings. The molecule has 2 rings (SSSR count). The van der Waals surface area contributed by atoms with E-state index in [1.54, 1.807) is 30.3 Å². The maximum absolute atomic E-state index is 11.7. The first kappa shape index (κ1) is 20.0. The van der Waals surface area contributed by atoms with Gasteiger partial charge in [-0.15, -0.1) is 0 Å². The highest BCUT2D eigenvalue weighted by molar-refractivity contribution is 6.00. The molecule has 0 aliphatic heterocycles. The number of aldehydes is 1. The number of rotatable bonds is 8. The van der Waals surface area contributed by atoms with Crippen molar-refractivity contribution < 1.29 is 35.1 Å². The van der Waals surface area contributed by atoms with Gasteiger partial charge in [-0.25, -0.2) is 4.79 Å². The van der Waals surface area contributed by atoms with E-state index >= 15 is 0 Å². The highest BCUT2D eigenvalue weighted by Gasteiger charge is 2.32. The molecule has 7 heteroatoms. The summed E-state index contributed by atoms with van der Waals surface area (Å²) in [7, 11) is 0. The summed E-state index contributed by atoms with van der Waals surface area (Å²) in [5, 5.41) is 49.9. The number of aromatic carboxylic acids is 1. The van der Waals surface area contributed by atoms with Crippen LogP contribution in [0.4, 0.5) is 0 Å². The molecule has 0 aliphatic carbocycles. The zero-order valence-electron chi connectivity index (χ0n) is 14.2. The number of benzene rings is 2. The van der Waals surface area contributed by atoms with Crippen LogP contribution in [0, 0.1) is 0 Å². The van der Waals surface area contributed by atoms with Crippen LogP contribution in [0.1, 0.15) is 35.2 Å². The van der Waals surface area contributed by atoms with Crippen molar-refractivity contribution in [2.24, 2.45) is 0 Å². The number of carbonyl (C=O) groups excluding carboxylic acids is 1. The average molecular weight is 362 g/mol. The van der Waals surface area contributed by atoms with E-state index in [2.05, 4.69) is 0 Å². The molecule has 0 radical (unpaired) electrons. The summed E-state index contributed by atoms with van der Waals surface area (Å²) in [5.74, 6) is -2.23. The van der Waals surface area contributed by atoms with Crippen LogP contribution in [0.5, 0.6) is 0 Å². The first-order chi connectivity index (χ1) is 12.3. The minimum atomic E-state index is -1.68. The van der Waals surface area contributed by atoms with Crippen LogP contribution < -0.4 is 0 Å². The molecule has 0 saturated carbocycles. The van der Waals surface area contributed by atoms with Crippen molar-refractivity contribution in [3.8, 4) is 0 Å². The highest BCUT2D eigenvalue weighted by Crippen LogP contribution is 2.32. The van der Waals surface area contributed by atoms with E-state index in [-0.39, 0.29) is 17.5 Å². The summed E-state index contributed by atoms with van der Waals surface area (Å²) < 4.78 is 0. The third-order valence-electron chi connectivity index (χ3n) is 4.47. The molecule has 0 saturated heterocycles. The molecule has 0 fully saturated rings. The van der Waals surface area contributed by atoms with E-state index in [1.807, 2.05) is 0 Å². The van der Waals surface area contributed by atoms with Gasteiger partial charge in [-0.3, -0.25) is 0 Å². The number of carboxylic acids is 1. The van der Waals surface area contributed by atoms with Gasteiger partial charge in [0.15, 0.2) is 0 Å². The van der Waals surface area contributed by atoms with E-state index in [0.29, 0.717) is 11.7 Å². The molecular weight excluding hydrogens is 340 g/mol. The first-order valence-electron chi connectivity index (χ1n) is 8.20. The largest absolute Gasteiger partial charge is 0.478 e. The third-order valence-corrected chi connectivity index (χ3v) is 4.47. The third kappa shape index (κ3) is 4.08. The number of fused-ring (bicyclic) bond motifs is 1. The van der Waals surface area contributed by atoms with E-state index in [0.717, 1.165) is 5.39 Å². The number of aliphatic hydroxyl groups is 4. The zero-order valence-corrected chi connectivity index (χ0v) is 14.2. The minimum Gasteiger partial charge on any atom is -0.478 e. The van der Waals surface area contributed by atoms with Gasteiger partial charge in [-0.1, -0.05) is 30.3 Å². The summed E-state index contributed by atoms with van der Waals surface area (Å²) >= 11 is 0. The second-order valence-corrected chi connectivity index (χ2v) is 6.32. The van der Waals surface area contributed by atoms with Crippen molar-refractivity contribution in [2.45, 2.75) is 43.7 Å². The van der Waals surface area contributed by atoms with Crippen LogP contribution in [0.2, 0.25) is 0 Å². The molecule has 0 aromatic heterocycles. The normalized spacial score (nSPS) is 17.3. The predicted octanol–water partition coefficient (Wildman–Crippen LogP) is 0.674. The number of aliphatic hydroxyl groups excluding tert-OH is 4. The van der Waals surface area contributed by atoms with Crippen molar-refractivity contribution in [1.82, 2.24) is 0 Å². The first-order valence-corrected chi connectivity index (χ1v) is 8.20. The maximum atomic E-state index is 11.7. The minimum absolute atomic E-state index is 0.0708. The number of carboxylic acid groups (broad SMARTS) is 1. The summed E-state index contributed by atoms with van der Waals surface area (Å²) in [5.41, 5.74) is 0.168. The molecule has 0 unspecified atom stereocenters. The summed E-state index contributed by atoms with van der Waals surface area (Å²) in [6.45, 7) is 1.26. The fourth-order valence-electron chi connectivity index (χ4n) is 3.04. The zero-order chi connectivity index (χ0) is 19.4. The lowest BCUT2D eigenvalue weighted by Crippen LogP contribution is -2.44. The van der Waals surface area contributed by atoms with Crippen molar-refractivity contribution in [3.63, 3.8) is 0 Å². The van der Waals surface area contributed by atoms with Crippen LogP contribution in [0.15, 0.2) is 36.4 Å². The van der Waals surface area contributed by atoms with Gasteiger partial charge in [0.2, 0.25) is 0 Å². The lowest BCUT2D eigenvalue weighted by molar-refractivity contribution is -0.114. The van der Waals surface area contributed by atoms with Crippen molar-refractivity contribution >= 4 is 23.0 Å². The Morgan fingerprint density at radius 1 is 1.04 bits per heavy atom. The van der Waals surface area contributed by atoms with Gasteiger partial charge in [0.05, 0.1) is 17.8 Å². The Balaban J connectivity index is 2.45. The fraction of sp³-hybridized carbons (Fsp3) is 0.368. The quantitative estimate of drug-likeness (QED) is 0.436. The Bertz CT molecular complexity index is 787. The topological polar surface area (TPSA) is 135 Å². The Hall–Kier alpha value is -2.32. The lowest BCUT2D eigenvalue weighted by atomic mass is 9.85. The second kappa shape index (κ2) is 8.37. The van der Waals surface area contributed by atoms with Crippen LogP contribution in [0.25, 0.3) is 10.8 Å². The predicted molar refractivity (Wildman–Crippen MR) is 94.0 cm³/mol. The molecule has 0 bridgehead atoms. The summed E-state index contributed by atoms with van der Waals surface area (Å²) in [6, 6.07) is 9.97. The van der Waals surface area contributed by atoms with Gasteiger partial charge < -0.3 is 30.3 Å². The van der Waals surface area contributed by atoms with Crippen LogP contribution in [0.3, 0.4) is 0 Å². The molecule has 2 aromatic carbocycles. The molecule has 140 valence electrons. The van der Waals surface area contributed by atoms with Crippen LogP contribution >= 0.6 is 0 Å². The molecule has 5 atom stereocenters. The second-order valence-electron chi connectivity index (χ2n) is 6.32. The maximum Gasteiger partial charge on any atom is 0.336 e. The van der Waals surface area contributed by atoms with Crippen LogP contribution in [-0.4, -0.2) is 62.2 Å². The van der Waals surface area contributed by atoms with Gasteiger partial charge in [0.1, 0.15) is 18.5 Å². The molecule has 0 heterocycles. The molecule has 7 nitrogen and oxygen atoms in total. The number of hydrogen-bond donors (Lipinski definition) is 5.